The van der Waals surface area contributed by atoms with Crippen molar-refractivity contribution in [3.8, 4) is 5.69 Å². The fourth-order valence-electron chi connectivity index (χ4n) is 3.76. The van der Waals surface area contributed by atoms with Crippen LogP contribution in [-0.2, 0) is 16.6 Å². The van der Waals surface area contributed by atoms with Crippen LogP contribution in [0.2, 0.25) is 0 Å². The van der Waals surface area contributed by atoms with Crippen LogP contribution in [0, 0.1) is 13.8 Å². The van der Waals surface area contributed by atoms with Crippen molar-refractivity contribution in [3.05, 3.63) is 47.3 Å². The zero-order valence-corrected chi connectivity index (χ0v) is 17.3. The molecule has 1 fully saturated rings. The van der Waals surface area contributed by atoms with Crippen molar-refractivity contribution in [1.82, 2.24) is 18.8 Å². The van der Waals surface area contributed by atoms with Crippen molar-refractivity contribution >= 4 is 10.2 Å². The first kappa shape index (κ1) is 20.0. The standard InChI is InChI=1S/C20H30N4O2S/c1-16-15-17(2)24(22-16)20-11-9-18(10-12-20)13-14-21-27(25,26)23(3)19-7-5-4-6-8-19/h9-12,15,19,21H,4-8,13-14H2,1-3H3. The third kappa shape index (κ3) is 4.97. The molecule has 1 heterocycles. The molecule has 1 aliphatic rings. The molecule has 148 valence electrons. The molecule has 0 atom stereocenters. The smallest absolute Gasteiger partial charge is 0.238 e. The molecular formula is C20H30N4O2S. The first-order valence-corrected chi connectivity index (χ1v) is 11.2. The van der Waals surface area contributed by atoms with Gasteiger partial charge in [0.2, 0.25) is 0 Å². The van der Waals surface area contributed by atoms with Gasteiger partial charge < -0.3 is 0 Å². The minimum atomic E-state index is -3.41. The van der Waals surface area contributed by atoms with Crippen molar-refractivity contribution in [2.24, 2.45) is 0 Å². The molecule has 1 aromatic heterocycles. The number of nitrogens with zero attached hydrogens (tertiary/aromatic N) is 3. The second-order valence-electron chi connectivity index (χ2n) is 7.46. The number of aryl methyl sites for hydroxylation is 2. The fraction of sp³-hybridized carbons (Fsp3) is 0.550. The third-order valence-electron chi connectivity index (χ3n) is 5.36. The second kappa shape index (κ2) is 8.54. The third-order valence-corrected chi connectivity index (χ3v) is 6.98. The summed E-state index contributed by atoms with van der Waals surface area (Å²) in [4.78, 5) is 0. The number of hydrogen-bond acceptors (Lipinski definition) is 3. The van der Waals surface area contributed by atoms with Crippen LogP contribution in [0.3, 0.4) is 0 Å². The average Bonchev–Trinajstić information content (AvgIpc) is 3.00. The molecule has 0 unspecified atom stereocenters. The summed E-state index contributed by atoms with van der Waals surface area (Å²) in [5, 5.41) is 4.49. The van der Waals surface area contributed by atoms with E-state index in [4.69, 9.17) is 0 Å². The van der Waals surface area contributed by atoms with Gasteiger partial charge in [-0.25, -0.2) is 9.40 Å². The van der Waals surface area contributed by atoms with Crippen LogP contribution >= 0.6 is 0 Å². The normalized spacial score (nSPS) is 16.1. The van der Waals surface area contributed by atoms with E-state index in [0.717, 1.165) is 48.3 Å². The van der Waals surface area contributed by atoms with Gasteiger partial charge in [-0.2, -0.15) is 17.8 Å². The lowest BCUT2D eigenvalue weighted by atomic mass is 9.96. The maximum absolute atomic E-state index is 12.5. The predicted octanol–water partition coefficient (Wildman–Crippen LogP) is 3.13. The van der Waals surface area contributed by atoms with Crippen LogP contribution in [0.25, 0.3) is 5.69 Å². The highest BCUT2D eigenvalue weighted by Gasteiger charge is 2.26. The highest BCUT2D eigenvalue weighted by atomic mass is 32.2. The van der Waals surface area contributed by atoms with Gasteiger partial charge in [-0.3, -0.25) is 0 Å². The largest absolute Gasteiger partial charge is 0.279 e. The van der Waals surface area contributed by atoms with Gasteiger partial charge in [0.1, 0.15) is 0 Å². The topological polar surface area (TPSA) is 67.2 Å². The summed E-state index contributed by atoms with van der Waals surface area (Å²) in [6, 6.07) is 10.3. The lowest BCUT2D eigenvalue weighted by Crippen LogP contribution is -2.45. The lowest BCUT2D eigenvalue weighted by Gasteiger charge is -2.30. The van der Waals surface area contributed by atoms with E-state index < -0.39 is 10.2 Å². The Morgan fingerprint density at radius 2 is 1.81 bits per heavy atom. The van der Waals surface area contributed by atoms with Crippen molar-refractivity contribution in [1.29, 1.82) is 0 Å². The highest BCUT2D eigenvalue weighted by molar-refractivity contribution is 7.87. The first-order chi connectivity index (χ1) is 12.9. The second-order valence-corrected chi connectivity index (χ2v) is 9.28. The molecule has 0 aliphatic heterocycles. The molecule has 0 radical (unpaired) electrons. The van der Waals surface area contributed by atoms with Gasteiger partial charge in [0.25, 0.3) is 10.2 Å². The summed E-state index contributed by atoms with van der Waals surface area (Å²) >= 11 is 0. The summed E-state index contributed by atoms with van der Waals surface area (Å²) in [7, 11) is -1.72. The number of benzene rings is 1. The Morgan fingerprint density at radius 3 is 2.41 bits per heavy atom. The molecule has 0 saturated heterocycles. The van der Waals surface area contributed by atoms with Gasteiger partial charge in [-0.05, 0) is 56.9 Å². The summed E-state index contributed by atoms with van der Waals surface area (Å²) < 4.78 is 31.2. The molecule has 1 aromatic carbocycles. The van der Waals surface area contributed by atoms with E-state index in [2.05, 4.69) is 9.82 Å². The van der Waals surface area contributed by atoms with Crippen LogP contribution in [0.4, 0.5) is 0 Å². The predicted molar refractivity (Wildman–Crippen MR) is 108 cm³/mol. The maximum atomic E-state index is 12.5. The molecule has 1 aliphatic carbocycles. The average molecular weight is 391 g/mol. The number of nitrogens with one attached hydrogen (secondary N) is 1. The zero-order chi connectivity index (χ0) is 19.4. The molecular weight excluding hydrogens is 360 g/mol. The summed E-state index contributed by atoms with van der Waals surface area (Å²) in [5.41, 5.74) is 4.21. The van der Waals surface area contributed by atoms with Crippen molar-refractivity contribution in [2.75, 3.05) is 13.6 Å². The van der Waals surface area contributed by atoms with Crippen molar-refractivity contribution in [3.63, 3.8) is 0 Å². The van der Waals surface area contributed by atoms with Gasteiger partial charge >= 0.3 is 0 Å². The first-order valence-electron chi connectivity index (χ1n) is 9.72. The van der Waals surface area contributed by atoms with Gasteiger partial charge in [0, 0.05) is 25.3 Å². The number of aromatic nitrogens is 2. The zero-order valence-electron chi connectivity index (χ0n) is 16.5. The Morgan fingerprint density at radius 1 is 1.15 bits per heavy atom. The van der Waals surface area contributed by atoms with Gasteiger partial charge in [0.05, 0.1) is 11.4 Å². The molecule has 1 saturated carbocycles. The Hall–Kier alpha value is -1.70. The Labute approximate surface area is 162 Å². The van der Waals surface area contributed by atoms with Crippen LogP contribution in [-0.4, -0.2) is 42.1 Å². The van der Waals surface area contributed by atoms with E-state index in [1.807, 2.05) is 48.9 Å². The molecule has 3 rings (SSSR count). The van der Waals surface area contributed by atoms with Crippen molar-refractivity contribution in [2.45, 2.75) is 58.4 Å². The van der Waals surface area contributed by atoms with E-state index in [1.54, 1.807) is 7.05 Å². The maximum Gasteiger partial charge on any atom is 0.279 e. The van der Waals surface area contributed by atoms with Crippen LogP contribution < -0.4 is 4.72 Å². The number of hydrogen-bond donors (Lipinski definition) is 1. The Balaban J connectivity index is 1.54. The summed E-state index contributed by atoms with van der Waals surface area (Å²) in [5.74, 6) is 0. The van der Waals surface area contributed by atoms with E-state index in [-0.39, 0.29) is 6.04 Å². The SMILES string of the molecule is Cc1cc(C)n(-c2ccc(CCNS(=O)(=O)N(C)C3CCCCC3)cc2)n1. The van der Waals surface area contributed by atoms with E-state index >= 15 is 0 Å². The van der Waals surface area contributed by atoms with Crippen LogP contribution in [0.15, 0.2) is 30.3 Å². The van der Waals surface area contributed by atoms with E-state index in [0.29, 0.717) is 13.0 Å². The highest BCUT2D eigenvalue weighted by Crippen LogP contribution is 2.23. The summed E-state index contributed by atoms with van der Waals surface area (Å²) in [6.45, 7) is 4.42. The molecule has 0 amide bonds. The summed E-state index contributed by atoms with van der Waals surface area (Å²) in [6.07, 6.45) is 6.04. The molecule has 27 heavy (non-hydrogen) atoms. The number of rotatable bonds is 7. The molecule has 1 N–H and O–H groups in total. The fourth-order valence-corrected chi connectivity index (χ4v) is 4.93. The van der Waals surface area contributed by atoms with E-state index in [9.17, 15) is 8.42 Å². The Kier molecular flexibility index (Phi) is 6.34. The van der Waals surface area contributed by atoms with Gasteiger partial charge in [0.15, 0.2) is 0 Å². The van der Waals surface area contributed by atoms with Crippen LogP contribution in [0.1, 0.15) is 49.1 Å². The molecule has 6 nitrogen and oxygen atoms in total. The Bertz CT molecular complexity index is 853. The minimum Gasteiger partial charge on any atom is -0.238 e. The lowest BCUT2D eigenvalue weighted by molar-refractivity contribution is 0.283. The molecule has 2 aromatic rings. The molecule has 0 bridgehead atoms. The minimum absolute atomic E-state index is 0.135. The van der Waals surface area contributed by atoms with E-state index in [1.165, 1.54) is 10.7 Å². The molecule has 7 heteroatoms. The monoisotopic (exact) mass is 390 g/mol. The van der Waals surface area contributed by atoms with Crippen molar-refractivity contribution < 1.29 is 8.42 Å². The molecule has 0 spiro atoms. The van der Waals surface area contributed by atoms with Crippen LogP contribution in [0.5, 0.6) is 0 Å². The van der Waals surface area contributed by atoms with Gasteiger partial charge in [-0.1, -0.05) is 31.4 Å². The van der Waals surface area contributed by atoms with Gasteiger partial charge in [-0.15, -0.1) is 0 Å². The quantitative estimate of drug-likeness (QED) is 0.790.